The first-order valence-electron chi connectivity index (χ1n) is 14.0. The van der Waals surface area contributed by atoms with Gasteiger partial charge in [0.25, 0.3) is 0 Å². The Balaban J connectivity index is 1.07. The Morgan fingerprint density at radius 1 is 0.614 bits per heavy atom. The molecule has 2 unspecified atom stereocenters. The van der Waals surface area contributed by atoms with Gasteiger partial charge in [-0.3, -0.25) is 0 Å². The summed E-state index contributed by atoms with van der Waals surface area (Å²) in [7, 11) is 0. The van der Waals surface area contributed by atoms with Crippen molar-refractivity contribution in [3.05, 3.63) is 87.1 Å². The van der Waals surface area contributed by atoms with Crippen molar-refractivity contribution in [2.75, 3.05) is 0 Å². The third-order valence-corrected chi connectivity index (χ3v) is 12.1. The van der Waals surface area contributed by atoms with Crippen molar-refractivity contribution in [2.24, 2.45) is 0 Å². The molecule has 2 aliphatic rings. The van der Waals surface area contributed by atoms with Gasteiger partial charge in [-0.15, -0.1) is 46.2 Å². The van der Waals surface area contributed by atoms with Crippen LogP contribution in [-0.2, 0) is 6.42 Å². The molecule has 1 saturated carbocycles. The topological polar surface area (TPSA) is 137 Å². The molecule has 220 valence electrons. The van der Waals surface area contributed by atoms with E-state index < -0.39 is 24.0 Å². The van der Waals surface area contributed by atoms with Crippen LogP contribution in [0.5, 0.6) is 23.0 Å². The van der Waals surface area contributed by atoms with Crippen molar-refractivity contribution >= 4 is 70.7 Å². The fraction of sp³-hybridized carbons (Fsp3) is 0.152. The largest absolute Gasteiger partial charge is 0.851 e. The van der Waals surface area contributed by atoms with E-state index in [-0.39, 0.29) is 34.1 Å². The average molecular weight is 639 g/mol. The van der Waals surface area contributed by atoms with E-state index in [9.17, 15) is 30.6 Å². The van der Waals surface area contributed by atoms with Gasteiger partial charge in [0.2, 0.25) is 0 Å². The van der Waals surface area contributed by atoms with Crippen LogP contribution in [0.2, 0.25) is 0 Å². The summed E-state index contributed by atoms with van der Waals surface area (Å²) in [4.78, 5) is 0. The standard InChI is InChI=1S/C33H22N2O6S3/c36-21-10-14(34-17-3-1-2-16(17)31-18(34)4-7-42-31)11-22(37)25(21)27-29(40)28(30(27)41)26-23(38)12-15(13-24(26)39)35-19-5-8-43-32(19)33-20(35)6-9-44-33/h1,3-13,27-30,36-39H,2H2/q-2. The number of phenols is 4. The molecule has 11 heteroatoms. The van der Waals surface area contributed by atoms with Gasteiger partial charge in [0.15, 0.2) is 0 Å². The van der Waals surface area contributed by atoms with Crippen LogP contribution in [-0.4, -0.2) is 41.8 Å². The number of allylic oxidation sites excluding steroid dienone is 1. The van der Waals surface area contributed by atoms with E-state index in [0.29, 0.717) is 11.4 Å². The van der Waals surface area contributed by atoms with Gasteiger partial charge in [-0.2, -0.15) is 0 Å². The smallest absolute Gasteiger partial charge is 0.124 e. The molecule has 0 bridgehead atoms. The summed E-state index contributed by atoms with van der Waals surface area (Å²) in [6, 6.07) is 11.8. The van der Waals surface area contributed by atoms with Crippen LogP contribution < -0.4 is 10.2 Å². The van der Waals surface area contributed by atoms with Crippen molar-refractivity contribution in [1.82, 2.24) is 9.13 Å². The number of hydrogen-bond donors (Lipinski definition) is 4. The Morgan fingerprint density at radius 2 is 1.05 bits per heavy atom. The van der Waals surface area contributed by atoms with E-state index in [1.807, 2.05) is 49.5 Å². The van der Waals surface area contributed by atoms with Gasteiger partial charge >= 0.3 is 0 Å². The number of aromatic hydroxyl groups is 4. The Labute approximate surface area is 261 Å². The van der Waals surface area contributed by atoms with E-state index in [4.69, 9.17) is 0 Å². The number of nitrogens with zero attached hydrogens (tertiary/aromatic N) is 2. The third kappa shape index (κ3) is 3.33. The highest BCUT2D eigenvalue weighted by Gasteiger charge is 2.43. The molecular formula is C33H22N2O6S3-2. The van der Waals surface area contributed by atoms with Crippen LogP contribution in [0.3, 0.4) is 0 Å². The molecule has 8 nitrogen and oxygen atoms in total. The van der Waals surface area contributed by atoms with Crippen molar-refractivity contribution in [3.8, 4) is 34.4 Å². The minimum Gasteiger partial charge on any atom is -0.851 e. The second-order valence-corrected chi connectivity index (χ2v) is 14.1. The number of aromatic nitrogens is 2. The molecule has 44 heavy (non-hydrogen) atoms. The number of fused-ring (bicyclic) bond motifs is 6. The van der Waals surface area contributed by atoms with Gasteiger partial charge < -0.3 is 39.8 Å². The van der Waals surface area contributed by atoms with Gasteiger partial charge in [-0.1, -0.05) is 6.08 Å². The monoisotopic (exact) mass is 638 g/mol. The highest BCUT2D eigenvalue weighted by molar-refractivity contribution is 7.25. The molecule has 2 aromatic carbocycles. The molecule has 5 aromatic heterocycles. The predicted octanol–water partition coefficient (Wildman–Crippen LogP) is 5.64. The number of rotatable bonds is 4. The Bertz CT molecular complexity index is 2230. The molecule has 1 fully saturated rings. The summed E-state index contributed by atoms with van der Waals surface area (Å²) in [6.45, 7) is 0. The summed E-state index contributed by atoms with van der Waals surface area (Å²) in [6.07, 6.45) is 1.66. The zero-order chi connectivity index (χ0) is 30.0. The molecule has 2 aliphatic carbocycles. The summed E-state index contributed by atoms with van der Waals surface area (Å²) in [5, 5.41) is 77.5. The van der Waals surface area contributed by atoms with E-state index in [0.717, 1.165) is 42.8 Å². The molecule has 0 spiro atoms. The second kappa shape index (κ2) is 9.13. The predicted molar refractivity (Wildman–Crippen MR) is 170 cm³/mol. The molecule has 9 rings (SSSR count). The fourth-order valence-electron chi connectivity index (χ4n) is 7.22. The minimum atomic E-state index is -1.61. The molecule has 5 heterocycles. The molecule has 0 saturated heterocycles. The highest BCUT2D eigenvalue weighted by Crippen LogP contribution is 2.55. The summed E-state index contributed by atoms with van der Waals surface area (Å²) in [5.41, 5.74) is 5.81. The van der Waals surface area contributed by atoms with E-state index in [1.165, 1.54) is 29.8 Å². The lowest BCUT2D eigenvalue weighted by Crippen LogP contribution is -2.63. The molecule has 2 atom stereocenters. The number of phenolic OH excluding ortho intramolecular Hbond substituents is 4. The quantitative estimate of drug-likeness (QED) is 0.197. The molecule has 4 N–H and O–H groups in total. The Kier molecular flexibility index (Phi) is 5.43. The lowest BCUT2D eigenvalue weighted by molar-refractivity contribution is -0.536. The normalized spacial score (nSPS) is 21.1. The first-order valence-corrected chi connectivity index (χ1v) is 16.6. The SMILES string of the molecule is [O-]C1C(c2c(O)cc(-n3c4c(c5sccc53)CC=C4)cc2O)C([O-])C1c1c(O)cc(-n2c3ccsc3c3sccc32)cc1O. The van der Waals surface area contributed by atoms with E-state index >= 15 is 0 Å². The van der Waals surface area contributed by atoms with Crippen molar-refractivity contribution < 1.29 is 30.6 Å². The molecular weight excluding hydrogens is 617 g/mol. The molecule has 7 aromatic rings. The number of hydrogen-bond acceptors (Lipinski definition) is 9. The summed E-state index contributed by atoms with van der Waals surface area (Å²) in [5.74, 6) is -3.89. The van der Waals surface area contributed by atoms with E-state index in [2.05, 4.69) is 6.08 Å². The maximum atomic E-state index is 13.6. The van der Waals surface area contributed by atoms with Crippen LogP contribution in [0.4, 0.5) is 0 Å². The van der Waals surface area contributed by atoms with Crippen LogP contribution in [0, 0.1) is 0 Å². The van der Waals surface area contributed by atoms with Crippen molar-refractivity contribution in [3.63, 3.8) is 0 Å². The van der Waals surface area contributed by atoms with Crippen LogP contribution >= 0.6 is 34.0 Å². The average Bonchev–Trinajstić information content (AvgIpc) is 3.80. The second-order valence-electron chi connectivity index (χ2n) is 11.3. The maximum Gasteiger partial charge on any atom is 0.124 e. The van der Waals surface area contributed by atoms with Crippen molar-refractivity contribution in [1.29, 1.82) is 0 Å². The molecule has 0 radical (unpaired) electrons. The molecule has 0 aliphatic heterocycles. The van der Waals surface area contributed by atoms with Crippen LogP contribution in [0.15, 0.2) is 64.7 Å². The zero-order valence-electron chi connectivity index (χ0n) is 22.7. The lowest BCUT2D eigenvalue weighted by atomic mass is 9.62. The Morgan fingerprint density at radius 3 is 1.55 bits per heavy atom. The van der Waals surface area contributed by atoms with Gasteiger partial charge in [-0.25, -0.2) is 0 Å². The van der Waals surface area contributed by atoms with Crippen LogP contribution in [0.1, 0.15) is 34.2 Å². The van der Waals surface area contributed by atoms with E-state index in [1.54, 1.807) is 34.0 Å². The third-order valence-electron chi connectivity index (χ3n) is 9.13. The molecule has 0 amide bonds. The number of benzene rings is 2. The van der Waals surface area contributed by atoms with Gasteiger partial charge in [0.1, 0.15) is 23.0 Å². The minimum absolute atomic E-state index is 0.103. The lowest BCUT2D eigenvalue weighted by Gasteiger charge is -2.61. The zero-order valence-corrected chi connectivity index (χ0v) is 25.1. The van der Waals surface area contributed by atoms with Gasteiger partial charge in [0, 0.05) is 35.4 Å². The van der Waals surface area contributed by atoms with Gasteiger partial charge in [-0.05, 0) is 64.2 Å². The first kappa shape index (κ1) is 26.2. The highest BCUT2D eigenvalue weighted by atomic mass is 32.1. The Hall–Kier alpha value is -4.26. The summed E-state index contributed by atoms with van der Waals surface area (Å²) >= 11 is 4.85. The number of thiophene rings is 3. The fourth-order valence-corrected chi connectivity index (χ4v) is 10.1. The first-order chi connectivity index (χ1) is 21.3. The maximum absolute atomic E-state index is 13.6. The van der Waals surface area contributed by atoms with Gasteiger partial charge in [0.05, 0.1) is 47.7 Å². The van der Waals surface area contributed by atoms with Crippen molar-refractivity contribution in [2.45, 2.75) is 30.5 Å². The summed E-state index contributed by atoms with van der Waals surface area (Å²) < 4.78 is 7.22. The van der Waals surface area contributed by atoms with Crippen LogP contribution in [0.25, 0.3) is 48.1 Å².